The second-order valence-corrected chi connectivity index (χ2v) is 6.48. The number of aliphatic hydroxyl groups is 1. The number of aliphatic hydroxyl groups excluding tert-OH is 1. The van der Waals surface area contributed by atoms with Gasteiger partial charge in [0.05, 0.1) is 6.54 Å². The van der Waals surface area contributed by atoms with Crippen LogP contribution in [0.25, 0.3) is 0 Å². The first-order valence-electron chi connectivity index (χ1n) is 5.72. The molecular weight excluding hydrogens is 314 g/mol. The van der Waals surface area contributed by atoms with E-state index >= 15 is 0 Å². The zero-order chi connectivity index (χ0) is 15.3. The molecule has 0 aliphatic carbocycles. The maximum atomic E-state index is 12.1. The first kappa shape index (κ1) is 15.4. The molecule has 3 N–H and O–H groups in total. The Kier molecular flexibility index (Phi) is 4.87. The Balaban J connectivity index is 2.17. The van der Waals surface area contributed by atoms with E-state index in [1.807, 2.05) is 0 Å². The van der Waals surface area contributed by atoms with Crippen LogP contribution in [0.5, 0.6) is 0 Å². The lowest BCUT2D eigenvalue weighted by Gasteiger charge is -2.05. The van der Waals surface area contributed by atoms with Gasteiger partial charge in [-0.3, -0.25) is 9.78 Å². The molecule has 0 unspecified atom stereocenters. The minimum absolute atomic E-state index is 0.0202. The molecule has 0 bridgehead atoms. The predicted molar refractivity (Wildman–Crippen MR) is 77.2 cm³/mol. The molecule has 9 heteroatoms. The third-order valence-electron chi connectivity index (χ3n) is 2.36. The average molecular weight is 325 g/mol. The van der Waals surface area contributed by atoms with E-state index in [0.29, 0.717) is 11.3 Å². The van der Waals surface area contributed by atoms with Gasteiger partial charge in [0, 0.05) is 29.0 Å². The van der Waals surface area contributed by atoms with Gasteiger partial charge >= 0.3 is 4.87 Å². The van der Waals surface area contributed by atoms with Crippen LogP contribution < -0.4 is 9.60 Å². The lowest BCUT2D eigenvalue weighted by molar-refractivity contribution is 0.350. The van der Waals surface area contributed by atoms with Crippen molar-refractivity contribution >= 4 is 21.4 Å². The van der Waals surface area contributed by atoms with Crippen molar-refractivity contribution in [3.05, 3.63) is 44.8 Å². The van der Waals surface area contributed by atoms with Crippen LogP contribution in [-0.2, 0) is 16.6 Å². The van der Waals surface area contributed by atoms with Crippen LogP contribution in [0.15, 0.2) is 33.5 Å². The normalized spacial score (nSPS) is 10.9. The zero-order valence-electron chi connectivity index (χ0n) is 10.7. The topological polar surface area (TPSA) is 112 Å². The van der Waals surface area contributed by atoms with E-state index in [1.54, 1.807) is 5.38 Å². The summed E-state index contributed by atoms with van der Waals surface area (Å²) >= 11 is 0.962. The van der Waals surface area contributed by atoms with Gasteiger partial charge in [0.1, 0.15) is 11.5 Å². The molecule has 0 aliphatic rings. The summed E-state index contributed by atoms with van der Waals surface area (Å²) in [6, 6.07) is 1.36. The fourth-order valence-corrected chi connectivity index (χ4v) is 3.01. The van der Waals surface area contributed by atoms with E-state index in [-0.39, 0.29) is 22.9 Å². The van der Waals surface area contributed by atoms with Crippen molar-refractivity contribution in [3.63, 3.8) is 0 Å². The van der Waals surface area contributed by atoms with Crippen LogP contribution in [0.3, 0.4) is 0 Å². The molecule has 2 aromatic heterocycles. The van der Waals surface area contributed by atoms with Gasteiger partial charge in [0.2, 0.25) is 10.0 Å². The smallest absolute Gasteiger partial charge is 0.304 e. The standard InChI is InChI=1S/C12H11N3O4S2/c16-3-1-2-9-4-11(7-13-5-9)21(18,19)14-6-10-8-20-12(17)15-10/h4-5,7-8,14,16H,3,6H2,(H,15,17). The van der Waals surface area contributed by atoms with Crippen LogP contribution in [0, 0.1) is 11.8 Å². The number of pyridine rings is 1. The van der Waals surface area contributed by atoms with Crippen molar-refractivity contribution in [1.29, 1.82) is 0 Å². The number of sulfonamides is 1. The number of thiazole rings is 1. The first-order valence-corrected chi connectivity index (χ1v) is 8.09. The number of aromatic amines is 1. The first-order chi connectivity index (χ1) is 10.0. The lowest BCUT2D eigenvalue weighted by Crippen LogP contribution is -2.24. The van der Waals surface area contributed by atoms with Crippen LogP contribution in [0.4, 0.5) is 0 Å². The molecule has 2 aromatic rings. The Morgan fingerprint density at radius 2 is 2.24 bits per heavy atom. The summed E-state index contributed by atoms with van der Waals surface area (Å²) in [5.74, 6) is 5.00. The molecule has 2 heterocycles. The van der Waals surface area contributed by atoms with Gasteiger partial charge < -0.3 is 10.1 Å². The number of hydrogen-bond acceptors (Lipinski definition) is 6. The van der Waals surface area contributed by atoms with E-state index in [2.05, 4.69) is 26.5 Å². The Morgan fingerprint density at radius 1 is 1.43 bits per heavy atom. The summed E-state index contributed by atoms with van der Waals surface area (Å²) in [5.41, 5.74) is 0.869. The summed E-state index contributed by atoms with van der Waals surface area (Å²) < 4.78 is 26.6. The molecule has 110 valence electrons. The fraction of sp³-hybridized carbons (Fsp3) is 0.167. The number of aromatic nitrogens is 2. The number of hydrogen-bond donors (Lipinski definition) is 3. The molecule has 0 spiro atoms. The van der Waals surface area contributed by atoms with Crippen LogP contribution in [0.1, 0.15) is 11.3 Å². The number of nitrogens with one attached hydrogen (secondary N) is 2. The van der Waals surface area contributed by atoms with Crippen LogP contribution in [-0.4, -0.2) is 30.1 Å². The third-order valence-corrected chi connectivity index (χ3v) is 4.45. The largest absolute Gasteiger partial charge is 0.384 e. The zero-order valence-corrected chi connectivity index (χ0v) is 12.3. The quantitative estimate of drug-likeness (QED) is 0.666. The molecule has 0 atom stereocenters. The average Bonchev–Trinajstić information content (AvgIpc) is 2.89. The summed E-state index contributed by atoms with van der Waals surface area (Å²) in [6.07, 6.45) is 2.60. The highest BCUT2D eigenvalue weighted by atomic mass is 32.2. The SMILES string of the molecule is O=c1[nH]c(CNS(=O)(=O)c2cncc(C#CCO)c2)cs1. The molecule has 0 aromatic carbocycles. The van der Waals surface area contributed by atoms with Gasteiger partial charge in [-0.2, -0.15) is 0 Å². The molecule has 21 heavy (non-hydrogen) atoms. The molecule has 7 nitrogen and oxygen atoms in total. The monoisotopic (exact) mass is 325 g/mol. The molecular formula is C12H11N3O4S2. The maximum absolute atomic E-state index is 12.1. The van der Waals surface area contributed by atoms with Gasteiger partial charge in [-0.1, -0.05) is 23.2 Å². The Hall–Kier alpha value is -1.99. The van der Waals surface area contributed by atoms with Crippen molar-refractivity contribution in [1.82, 2.24) is 14.7 Å². The van der Waals surface area contributed by atoms with Crippen LogP contribution >= 0.6 is 11.3 Å². The summed E-state index contributed by atoms with van der Waals surface area (Å²) in [7, 11) is -3.76. The van der Waals surface area contributed by atoms with Crippen molar-refractivity contribution < 1.29 is 13.5 Å². The van der Waals surface area contributed by atoms with Gasteiger partial charge in [-0.05, 0) is 6.07 Å². The third kappa shape index (κ3) is 4.24. The molecule has 0 fully saturated rings. The number of H-pyrrole nitrogens is 1. The highest BCUT2D eigenvalue weighted by Crippen LogP contribution is 2.09. The Labute approximate surface area is 124 Å². The van der Waals surface area contributed by atoms with E-state index in [1.165, 1.54) is 18.5 Å². The van der Waals surface area contributed by atoms with Gasteiger partial charge in [0.15, 0.2) is 0 Å². The highest BCUT2D eigenvalue weighted by Gasteiger charge is 2.15. The predicted octanol–water partition coefficient (Wildman–Crippen LogP) is -0.346. The van der Waals surface area contributed by atoms with Crippen molar-refractivity contribution in [2.45, 2.75) is 11.4 Å². The summed E-state index contributed by atoms with van der Waals surface area (Å²) in [6.45, 7) is -0.339. The van der Waals surface area contributed by atoms with Gasteiger partial charge in [-0.15, -0.1) is 0 Å². The second-order valence-electron chi connectivity index (χ2n) is 3.87. The van der Waals surface area contributed by atoms with E-state index in [9.17, 15) is 13.2 Å². The summed E-state index contributed by atoms with van der Waals surface area (Å²) in [4.78, 5) is 17.0. The van der Waals surface area contributed by atoms with Gasteiger partial charge in [0.25, 0.3) is 0 Å². The van der Waals surface area contributed by atoms with Crippen molar-refractivity contribution in [2.75, 3.05) is 6.61 Å². The minimum atomic E-state index is -3.76. The fourth-order valence-electron chi connectivity index (χ4n) is 1.43. The van der Waals surface area contributed by atoms with E-state index < -0.39 is 10.0 Å². The Morgan fingerprint density at radius 3 is 2.90 bits per heavy atom. The second kappa shape index (κ2) is 6.64. The van der Waals surface area contributed by atoms with Crippen LogP contribution in [0.2, 0.25) is 0 Å². The molecule has 0 aliphatic heterocycles. The molecule has 0 saturated heterocycles. The van der Waals surface area contributed by atoms with Crippen molar-refractivity contribution in [2.24, 2.45) is 0 Å². The number of nitrogens with zero attached hydrogens (tertiary/aromatic N) is 1. The molecule has 0 amide bonds. The van der Waals surface area contributed by atoms with Gasteiger partial charge in [-0.25, -0.2) is 13.1 Å². The van der Waals surface area contributed by atoms with E-state index in [0.717, 1.165) is 11.3 Å². The lowest BCUT2D eigenvalue weighted by atomic mass is 10.3. The summed E-state index contributed by atoms with van der Waals surface area (Å²) in [5, 5.41) is 10.2. The minimum Gasteiger partial charge on any atom is -0.384 e. The van der Waals surface area contributed by atoms with E-state index in [4.69, 9.17) is 5.11 Å². The number of rotatable bonds is 4. The Bertz CT molecular complexity index is 843. The highest BCUT2D eigenvalue weighted by molar-refractivity contribution is 7.89. The molecule has 0 saturated carbocycles. The molecule has 2 rings (SSSR count). The van der Waals surface area contributed by atoms with Crippen molar-refractivity contribution in [3.8, 4) is 11.8 Å². The maximum Gasteiger partial charge on any atom is 0.304 e. The molecule has 0 radical (unpaired) electrons.